The van der Waals surface area contributed by atoms with Crippen LogP contribution < -0.4 is 9.47 Å². The van der Waals surface area contributed by atoms with Crippen molar-refractivity contribution in [3.8, 4) is 11.5 Å². The van der Waals surface area contributed by atoms with Crippen LogP contribution in [0.5, 0.6) is 11.5 Å². The van der Waals surface area contributed by atoms with Gasteiger partial charge in [0.2, 0.25) is 5.91 Å². The molecule has 1 aliphatic rings. The molecular weight excluding hydrogens is 334 g/mol. The van der Waals surface area contributed by atoms with Gasteiger partial charge in [0.05, 0.1) is 25.0 Å². The van der Waals surface area contributed by atoms with Gasteiger partial charge in [-0.25, -0.2) is 0 Å². The van der Waals surface area contributed by atoms with Gasteiger partial charge in [0.25, 0.3) is 0 Å². The van der Waals surface area contributed by atoms with Crippen LogP contribution >= 0.6 is 0 Å². The zero-order valence-corrected chi connectivity index (χ0v) is 16.5. The number of ether oxygens (including phenoxy) is 2. The first-order chi connectivity index (χ1) is 12.1. The SMILES string of the molecule is COc1ccc(C(C)(C)C(=O)N2CCC(C(=O)O)(C(C)C)C2)cc1OC. The van der Waals surface area contributed by atoms with Crippen molar-refractivity contribution in [2.45, 2.75) is 39.5 Å². The predicted molar refractivity (Wildman–Crippen MR) is 98.7 cm³/mol. The molecule has 1 amide bonds. The van der Waals surface area contributed by atoms with Crippen molar-refractivity contribution in [2.24, 2.45) is 11.3 Å². The van der Waals surface area contributed by atoms with Gasteiger partial charge >= 0.3 is 5.97 Å². The molecule has 1 unspecified atom stereocenters. The molecule has 1 fully saturated rings. The number of aliphatic carboxylic acids is 1. The van der Waals surface area contributed by atoms with Crippen LogP contribution in [0.2, 0.25) is 0 Å². The van der Waals surface area contributed by atoms with Gasteiger partial charge in [0.15, 0.2) is 11.5 Å². The summed E-state index contributed by atoms with van der Waals surface area (Å²) in [6.45, 7) is 8.22. The summed E-state index contributed by atoms with van der Waals surface area (Å²) < 4.78 is 10.6. The molecule has 0 spiro atoms. The lowest BCUT2D eigenvalue weighted by atomic mass is 9.76. The van der Waals surface area contributed by atoms with Gasteiger partial charge in [-0.3, -0.25) is 9.59 Å². The number of likely N-dealkylation sites (tertiary alicyclic amines) is 1. The largest absolute Gasteiger partial charge is 0.493 e. The molecule has 1 aromatic rings. The number of benzene rings is 1. The maximum absolute atomic E-state index is 13.2. The van der Waals surface area contributed by atoms with Crippen molar-refractivity contribution in [1.29, 1.82) is 0 Å². The number of nitrogens with zero attached hydrogens (tertiary/aromatic N) is 1. The Morgan fingerprint density at radius 2 is 1.81 bits per heavy atom. The molecular formula is C20H29NO5. The van der Waals surface area contributed by atoms with Crippen molar-refractivity contribution in [2.75, 3.05) is 27.3 Å². The van der Waals surface area contributed by atoms with E-state index in [1.54, 1.807) is 31.3 Å². The second-order valence-corrected chi connectivity index (χ2v) is 7.79. The molecule has 1 N–H and O–H groups in total. The molecule has 1 atom stereocenters. The predicted octanol–water partition coefficient (Wildman–Crippen LogP) is 2.94. The van der Waals surface area contributed by atoms with Crippen molar-refractivity contribution < 1.29 is 24.2 Å². The maximum Gasteiger partial charge on any atom is 0.311 e. The number of rotatable bonds is 6. The van der Waals surface area contributed by atoms with Crippen LogP contribution in [-0.4, -0.2) is 49.2 Å². The van der Waals surface area contributed by atoms with Gasteiger partial charge in [-0.2, -0.15) is 0 Å². The molecule has 0 saturated carbocycles. The molecule has 1 heterocycles. The Morgan fingerprint density at radius 3 is 2.27 bits per heavy atom. The van der Waals surface area contributed by atoms with Crippen molar-refractivity contribution in [3.63, 3.8) is 0 Å². The van der Waals surface area contributed by atoms with E-state index in [9.17, 15) is 14.7 Å². The fourth-order valence-corrected chi connectivity index (χ4v) is 3.64. The Bertz CT molecular complexity index is 697. The number of methoxy groups -OCH3 is 2. The number of hydrogen-bond acceptors (Lipinski definition) is 4. The lowest BCUT2D eigenvalue weighted by Gasteiger charge is -2.32. The molecule has 0 aliphatic carbocycles. The van der Waals surface area contributed by atoms with Crippen molar-refractivity contribution in [1.82, 2.24) is 4.90 Å². The third-order valence-electron chi connectivity index (χ3n) is 5.76. The Kier molecular flexibility index (Phi) is 5.54. The van der Waals surface area contributed by atoms with E-state index in [0.29, 0.717) is 24.5 Å². The van der Waals surface area contributed by atoms with E-state index in [0.717, 1.165) is 5.56 Å². The Hall–Kier alpha value is -2.24. The highest BCUT2D eigenvalue weighted by molar-refractivity contribution is 5.89. The van der Waals surface area contributed by atoms with E-state index in [-0.39, 0.29) is 18.4 Å². The van der Waals surface area contributed by atoms with Gasteiger partial charge in [-0.15, -0.1) is 0 Å². The number of hydrogen-bond donors (Lipinski definition) is 1. The van der Waals surface area contributed by atoms with Gasteiger partial charge in [0, 0.05) is 13.1 Å². The summed E-state index contributed by atoms with van der Waals surface area (Å²) in [5.41, 5.74) is -0.869. The molecule has 0 radical (unpaired) electrons. The van der Waals surface area contributed by atoms with Gasteiger partial charge < -0.3 is 19.5 Å². The number of carbonyl (C=O) groups is 2. The van der Waals surface area contributed by atoms with Crippen molar-refractivity contribution in [3.05, 3.63) is 23.8 Å². The van der Waals surface area contributed by atoms with Crippen LogP contribution in [0.25, 0.3) is 0 Å². The standard InChI is InChI=1S/C20H29NO5/c1-13(2)20(18(23)24)9-10-21(12-20)17(22)19(3,4)14-7-8-15(25-5)16(11-14)26-6/h7-8,11,13H,9-10,12H2,1-6H3,(H,23,24). The fraction of sp³-hybridized carbons (Fsp3) is 0.600. The van der Waals surface area contributed by atoms with Crippen LogP contribution in [0.3, 0.4) is 0 Å². The molecule has 6 heteroatoms. The van der Waals surface area contributed by atoms with E-state index in [2.05, 4.69) is 0 Å². The van der Waals surface area contributed by atoms with E-state index in [1.807, 2.05) is 33.8 Å². The summed E-state index contributed by atoms with van der Waals surface area (Å²) in [5.74, 6) is 0.224. The number of carboxylic acid groups (broad SMARTS) is 1. The van der Waals surface area contributed by atoms with Crippen LogP contribution in [-0.2, 0) is 15.0 Å². The number of carboxylic acids is 1. The molecule has 1 saturated heterocycles. The second-order valence-electron chi connectivity index (χ2n) is 7.79. The molecule has 6 nitrogen and oxygen atoms in total. The lowest BCUT2D eigenvalue weighted by molar-refractivity contribution is -0.151. The molecule has 1 aliphatic heterocycles. The van der Waals surface area contributed by atoms with Gasteiger partial charge in [0.1, 0.15) is 0 Å². The summed E-state index contributed by atoms with van der Waals surface area (Å²) in [7, 11) is 3.12. The number of amides is 1. The molecule has 0 bridgehead atoms. The zero-order valence-electron chi connectivity index (χ0n) is 16.5. The highest BCUT2D eigenvalue weighted by Gasteiger charge is 2.50. The molecule has 2 rings (SSSR count). The minimum atomic E-state index is -0.872. The topological polar surface area (TPSA) is 76.1 Å². The quantitative estimate of drug-likeness (QED) is 0.841. The summed E-state index contributed by atoms with van der Waals surface area (Å²) in [5, 5.41) is 9.71. The Morgan fingerprint density at radius 1 is 1.19 bits per heavy atom. The van der Waals surface area contributed by atoms with Gasteiger partial charge in [-0.05, 0) is 43.9 Å². The van der Waals surface area contributed by atoms with Crippen LogP contribution in [0.4, 0.5) is 0 Å². The summed E-state index contributed by atoms with van der Waals surface area (Å²) in [4.78, 5) is 26.7. The van der Waals surface area contributed by atoms with E-state index in [4.69, 9.17) is 9.47 Å². The van der Waals surface area contributed by atoms with Crippen molar-refractivity contribution >= 4 is 11.9 Å². The summed E-state index contributed by atoms with van der Waals surface area (Å²) >= 11 is 0. The minimum absolute atomic E-state index is 0.0398. The lowest BCUT2D eigenvalue weighted by Crippen LogP contribution is -2.45. The second kappa shape index (κ2) is 7.17. The van der Waals surface area contributed by atoms with E-state index < -0.39 is 16.8 Å². The van der Waals surface area contributed by atoms with Gasteiger partial charge in [-0.1, -0.05) is 19.9 Å². The Labute approximate surface area is 155 Å². The molecule has 1 aromatic carbocycles. The molecule has 26 heavy (non-hydrogen) atoms. The van der Waals surface area contributed by atoms with E-state index in [1.165, 1.54) is 0 Å². The molecule has 144 valence electrons. The number of carbonyl (C=O) groups excluding carboxylic acids is 1. The minimum Gasteiger partial charge on any atom is -0.493 e. The molecule has 0 aromatic heterocycles. The first-order valence-electron chi connectivity index (χ1n) is 8.85. The smallest absolute Gasteiger partial charge is 0.311 e. The van der Waals surface area contributed by atoms with E-state index >= 15 is 0 Å². The highest BCUT2D eigenvalue weighted by atomic mass is 16.5. The third-order valence-corrected chi connectivity index (χ3v) is 5.76. The fourth-order valence-electron chi connectivity index (χ4n) is 3.64. The maximum atomic E-state index is 13.2. The summed E-state index contributed by atoms with van der Waals surface area (Å²) in [6, 6.07) is 5.44. The van der Waals surface area contributed by atoms with Crippen LogP contribution in [0.15, 0.2) is 18.2 Å². The average molecular weight is 363 g/mol. The normalized spacial score (nSPS) is 20.3. The first-order valence-corrected chi connectivity index (χ1v) is 8.85. The van der Waals surface area contributed by atoms with Crippen LogP contribution in [0, 0.1) is 11.3 Å². The third kappa shape index (κ3) is 3.24. The zero-order chi connectivity index (χ0) is 19.7. The Balaban J connectivity index is 2.30. The highest BCUT2D eigenvalue weighted by Crippen LogP contribution is 2.41. The first kappa shape index (κ1) is 20.1. The average Bonchev–Trinajstić information content (AvgIpc) is 3.07. The monoisotopic (exact) mass is 363 g/mol. The van der Waals surface area contributed by atoms with Crippen LogP contribution in [0.1, 0.15) is 39.7 Å². The summed E-state index contributed by atoms with van der Waals surface area (Å²) in [6.07, 6.45) is 0.480.